The molecule has 2 nitrogen and oxygen atoms in total. The lowest BCUT2D eigenvalue weighted by Crippen LogP contribution is -1.96. The summed E-state index contributed by atoms with van der Waals surface area (Å²) in [7, 11) is 0. The fourth-order valence-electron chi connectivity index (χ4n) is 1.57. The SMILES string of the molecule is NCC#Cc1ccc(COc2ccc(F)c(F)c2)cc1. The molecule has 20 heavy (non-hydrogen) atoms. The van der Waals surface area contributed by atoms with Crippen molar-refractivity contribution >= 4 is 0 Å². The molecule has 0 saturated heterocycles. The van der Waals surface area contributed by atoms with E-state index in [1.807, 2.05) is 24.3 Å². The van der Waals surface area contributed by atoms with Crippen molar-refractivity contribution in [3.8, 4) is 17.6 Å². The van der Waals surface area contributed by atoms with Gasteiger partial charge < -0.3 is 10.5 Å². The van der Waals surface area contributed by atoms with Crippen LogP contribution < -0.4 is 10.5 Å². The van der Waals surface area contributed by atoms with Gasteiger partial charge in [-0.05, 0) is 29.8 Å². The Hall–Kier alpha value is -2.38. The van der Waals surface area contributed by atoms with Gasteiger partial charge in [-0.1, -0.05) is 24.0 Å². The molecule has 102 valence electrons. The monoisotopic (exact) mass is 273 g/mol. The van der Waals surface area contributed by atoms with E-state index in [4.69, 9.17) is 10.5 Å². The lowest BCUT2D eigenvalue weighted by atomic mass is 10.1. The lowest BCUT2D eigenvalue weighted by Gasteiger charge is -2.06. The normalized spacial score (nSPS) is 9.75. The van der Waals surface area contributed by atoms with E-state index in [0.29, 0.717) is 6.54 Å². The van der Waals surface area contributed by atoms with E-state index >= 15 is 0 Å². The summed E-state index contributed by atoms with van der Waals surface area (Å²) in [5.41, 5.74) is 7.07. The Balaban J connectivity index is 1.98. The molecule has 0 heterocycles. The van der Waals surface area contributed by atoms with Gasteiger partial charge in [-0.2, -0.15) is 0 Å². The van der Waals surface area contributed by atoms with Crippen LogP contribution in [0.1, 0.15) is 11.1 Å². The molecule has 0 saturated carbocycles. The van der Waals surface area contributed by atoms with Crippen molar-refractivity contribution in [1.82, 2.24) is 0 Å². The highest BCUT2D eigenvalue weighted by atomic mass is 19.2. The van der Waals surface area contributed by atoms with Crippen molar-refractivity contribution in [2.75, 3.05) is 6.54 Å². The molecule has 2 aromatic carbocycles. The van der Waals surface area contributed by atoms with Gasteiger partial charge in [0.05, 0.1) is 6.54 Å². The summed E-state index contributed by atoms with van der Waals surface area (Å²) in [4.78, 5) is 0. The highest BCUT2D eigenvalue weighted by Gasteiger charge is 2.03. The summed E-state index contributed by atoms with van der Waals surface area (Å²) < 4.78 is 31.1. The number of nitrogens with two attached hydrogens (primary N) is 1. The van der Waals surface area contributed by atoms with Crippen LogP contribution in [0, 0.1) is 23.5 Å². The van der Waals surface area contributed by atoms with Crippen molar-refractivity contribution < 1.29 is 13.5 Å². The second kappa shape index (κ2) is 6.69. The molecule has 0 radical (unpaired) electrons. The molecule has 0 bridgehead atoms. The van der Waals surface area contributed by atoms with Crippen LogP contribution in [0.3, 0.4) is 0 Å². The number of hydrogen-bond donors (Lipinski definition) is 1. The first-order valence-electron chi connectivity index (χ1n) is 6.05. The van der Waals surface area contributed by atoms with Crippen LogP contribution in [0.15, 0.2) is 42.5 Å². The predicted octanol–water partition coefficient (Wildman–Crippen LogP) is 2.85. The molecule has 0 fully saturated rings. The molecule has 0 aliphatic heterocycles. The highest BCUT2D eigenvalue weighted by molar-refractivity contribution is 5.36. The van der Waals surface area contributed by atoms with Crippen molar-refractivity contribution in [2.45, 2.75) is 6.61 Å². The molecule has 0 unspecified atom stereocenters. The van der Waals surface area contributed by atoms with Crippen LogP contribution in [0.25, 0.3) is 0 Å². The third-order valence-electron chi connectivity index (χ3n) is 2.59. The van der Waals surface area contributed by atoms with Gasteiger partial charge in [0.2, 0.25) is 0 Å². The van der Waals surface area contributed by atoms with E-state index in [1.165, 1.54) is 6.07 Å². The Morgan fingerprint density at radius 1 is 1.00 bits per heavy atom. The molecule has 2 rings (SSSR count). The number of benzene rings is 2. The van der Waals surface area contributed by atoms with Crippen molar-refractivity contribution in [3.05, 3.63) is 65.2 Å². The Kier molecular flexibility index (Phi) is 4.70. The quantitative estimate of drug-likeness (QED) is 0.873. The van der Waals surface area contributed by atoms with E-state index in [2.05, 4.69) is 11.8 Å². The van der Waals surface area contributed by atoms with Crippen LogP contribution in [-0.2, 0) is 6.61 Å². The third kappa shape index (κ3) is 3.81. The molecular formula is C16H13F2NO. The molecular weight excluding hydrogens is 260 g/mol. The smallest absolute Gasteiger partial charge is 0.162 e. The summed E-state index contributed by atoms with van der Waals surface area (Å²) in [5.74, 6) is 4.15. The van der Waals surface area contributed by atoms with E-state index in [1.54, 1.807) is 0 Å². The second-order valence-corrected chi connectivity index (χ2v) is 4.07. The summed E-state index contributed by atoms with van der Waals surface area (Å²) >= 11 is 0. The van der Waals surface area contributed by atoms with Gasteiger partial charge in [0.15, 0.2) is 11.6 Å². The zero-order valence-corrected chi connectivity index (χ0v) is 10.7. The van der Waals surface area contributed by atoms with Crippen LogP contribution in [0.5, 0.6) is 5.75 Å². The minimum Gasteiger partial charge on any atom is -0.489 e. The Morgan fingerprint density at radius 3 is 2.40 bits per heavy atom. The fraction of sp³-hybridized carbons (Fsp3) is 0.125. The molecule has 4 heteroatoms. The molecule has 2 aromatic rings. The number of rotatable bonds is 3. The summed E-state index contributed by atoms with van der Waals surface area (Å²) in [5, 5.41) is 0. The zero-order chi connectivity index (χ0) is 14.4. The maximum atomic E-state index is 13.0. The molecule has 0 amide bonds. The van der Waals surface area contributed by atoms with E-state index in [9.17, 15) is 8.78 Å². The first kappa shape index (κ1) is 14.0. The fourth-order valence-corrected chi connectivity index (χ4v) is 1.57. The predicted molar refractivity (Wildman–Crippen MR) is 73.1 cm³/mol. The van der Waals surface area contributed by atoms with Gasteiger partial charge in [-0.25, -0.2) is 8.78 Å². The first-order chi connectivity index (χ1) is 9.69. The highest BCUT2D eigenvalue weighted by Crippen LogP contribution is 2.17. The van der Waals surface area contributed by atoms with Crippen LogP contribution in [0.2, 0.25) is 0 Å². The summed E-state index contributed by atoms with van der Waals surface area (Å²) in [6.45, 7) is 0.594. The van der Waals surface area contributed by atoms with E-state index < -0.39 is 11.6 Å². The Morgan fingerprint density at radius 2 is 1.75 bits per heavy atom. The van der Waals surface area contributed by atoms with Crippen LogP contribution in [0.4, 0.5) is 8.78 Å². The number of ether oxygens (including phenoxy) is 1. The van der Waals surface area contributed by atoms with Gasteiger partial charge >= 0.3 is 0 Å². The third-order valence-corrected chi connectivity index (χ3v) is 2.59. The molecule has 0 aromatic heterocycles. The maximum absolute atomic E-state index is 13.0. The van der Waals surface area contributed by atoms with Gasteiger partial charge in [-0.15, -0.1) is 0 Å². The largest absolute Gasteiger partial charge is 0.489 e. The van der Waals surface area contributed by atoms with Gasteiger partial charge in [-0.3, -0.25) is 0 Å². The van der Waals surface area contributed by atoms with Crippen molar-refractivity contribution in [1.29, 1.82) is 0 Å². The lowest BCUT2D eigenvalue weighted by molar-refractivity contribution is 0.303. The molecule has 0 atom stereocenters. The molecule has 0 spiro atoms. The van der Waals surface area contributed by atoms with Gasteiger partial charge in [0.1, 0.15) is 12.4 Å². The average molecular weight is 273 g/mol. The second-order valence-electron chi connectivity index (χ2n) is 4.07. The Bertz CT molecular complexity index is 642. The van der Waals surface area contributed by atoms with E-state index in [-0.39, 0.29) is 12.4 Å². The van der Waals surface area contributed by atoms with E-state index in [0.717, 1.165) is 23.3 Å². The first-order valence-corrected chi connectivity index (χ1v) is 6.05. The Labute approximate surface area is 116 Å². The van der Waals surface area contributed by atoms with Crippen LogP contribution >= 0.6 is 0 Å². The minimum absolute atomic E-state index is 0.273. The summed E-state index contributed by atoms with van der Waals surface area (Å²) in [6.07, 6.45) is 0. The molecule has 0 aliphatic carbocycles. The minimum atomic E-state index is -0.921. The zero-order valence-electron chi connectivity index (χ0n) is 10.7. The number of halogens is 2. The maximum Gasteiger partial charge on any atom is 0.162 e. The molecule has 0 aliphatic rings. The van der Waals surface area contributed by atoms with Crippen LogP contribution in [-0.4, -0.2) is 6.54 Å². The standard InChI is InChI=1S/C16H13F2NO/c17-15-8-7-14(10-16(15)18)20-11-13-5-3-12(4-6-13)2-1-9-19/h3-8,10H,9,11,19H2. The van der Waals surface area contributed by atoms with Crippen molar-refractivity contribution in [2.24, 2.45) is 5.73 Å². The van der Waals surface area contributed by atoms with Gasteiger partial charge in [0.25, 0.3) is 0 Å². The average Bonchev–Trinajstić information content (AvgIpc) is 2.47. The van der Waals surface area contributed by atoms with Crippen molar-refractivity contribution in [3.63, 3.8) is 0 Å². The van der Waals surface area contributed by atoms with Gasteiger partial charge in [0, 0.05) is 11.6 Å². The topological polar surface area (TPSA) is 35.2 Å². The number of hydrogen-bond acceptors (Lipinski definition) is 2. The molecule has 2 N–H and O–H groups in total. The summed E-state index contributed by atoms with van der Waals surface area (Å²) in [6, 6.07) is 10.9.